The number of hydrogen-bond donors (Lipinski definition) is 4. The van der Waals surface area contributed by atoms with Gasteiger partial charge < -0.3 is 21.1 Å². The summed E-state index contributed by atoms with van der Waals surface area (Å²) >= 11 is 0. The highest BCUT2D eigenvalue weighted by Crippen LogP contribution is 2.17. The Bertz CT molecular complexity index is 131. The molecule has 0 aromatic carbocycles. The van der Waals surface area contributed by atoms with Crippen molar-refractivity contribution in [1.29, 1.82) is 0 Å². The molecule has 92 valence electrons. The van der Waals surface area contributed by atoms with Gasteiger partial charge >= 0.3 is 8.56 Å². The molecule has 5 heteroatoms. The molecule has 0 heterocycles. The van der Waals surface area contributed by atoms with Crippen molar-refractivity contribution in [2.24, 2.45) is 11.5 Å². The SMILES string of the molecule is NCCCCC[Si](O)(O)CCCCCN. The van der Waals surface area contributed by atoms with Gasteiger partial charge in [-0.1, -0.05) is 25.7 Å². The van der Waals surface area contributed by atoms with Crippen LogP contribution in [0.3, 0.4) is 0 Å². The fraction of sp³-hybridized carbons (Fsp3) is 1.00. The Labute approximate surface area is 93.9 Å². The second-order valence-electron chi connectivity index (χ2n) is 4.18. The van der Waals surface area contributed by atoms with Crippen LogP contribution in [-0.4, -0.2) is 31.2 Å². The van der Waals surface area contributed by atoms with E-state index in [1.54, 1.807) is 0 Å². The highest BCUT2D eigenvalue weighted by molar-refractivity contribution is 6.64. The molecule has 0 aromatic heterocycles. The van der Waals surface area contributed by atoms with E-state index in [2.05, 4.69) is 0 Å². The van der Waals surface area contributed by atoms with Crippen LogP contribution in [0.1, 0.15) is 38.5 Å². The van der Waals surface area contributed by atoms with Gasteiger partial charge in [0.05, 0.1) is 0 Å². The summed E-state index contributed by atoms with van der Waals surface area (Å²) in [6.07, 6.45) is 5.78. The minimum Gasteiger partial charge on any atom is -0.411 e. The van der Waals surface area contributed by atoms with E-state index in [1.165, 1.54) is 0 Å². The van der Waals surface area contributed by atoms with Crippen molar-refractivity contribution in [3.05, 3.63) is 0 Å². The molecule has 0 saturated carbocycles. The first kappa shape index (κ1) is 15.1. The van der Waals surface area contributed by atoms with Crippen molar-refractivity contribution in [2.45, 2.75) is 50.6 Å². The highest BCUT2D eigenvalue weighted by atomic mass is 28.4. The van der Waals surface area contributed by atoms with Crippen LogP contribution in [0.4, 0.5) is 0 Å². The topological polar surface area (TPSA) is 92.5 Å². The summed E-state index contributed by atoms with van der Waals surface area (Å²) in [6, 6.07) is 1.19. The molecule has 0 saturated heterocycles. The molecule has 15 heavy (non-hydrogen) atoms. The summed E-state index contributed by atoms with van der Waals surface area (Å²) in [5.41, 5.74) is 10.7. The van der Waals surface area contributed by atoms with Gasteiger partial charge in [0, 0.05) is 0 Å². The van der Waals surface area contributed by atoms with E-state index < -0.39 is 8.56 Å². The zero-order valence-corrected chi connectivity index (χ0v) is 10.6. The Hall–Kier alpha value is 0.0569. The summed E-state index contributed by atoms with van der Waals surface area (Å²) < 4.78 is 0. The predicted molar refractivity (Wildman–Crippen MR) is 65.6 cm³/mol. The van der Waals surface area contributed by atoms with Gasteiger partial charge in [-0.15, -0.1) is 0 Å². The van der Waals surface area contributed by atoms with Crippen molar-refractivity contribution < 1.29 is 9.59 Å². The number of nitrogens with two attached hydrogens (primary N) is 2. The minimum atomic E-state index is -2.88. The average molecular weight is 234 g/mol. The first-order valence-corrected chi connectivity index (χ1v) is 8.28. The lowest BCUT2D eigenvalue weighted by Gasteiger charge is -2.17. The molecule has 6 N–H and O–H groups in total. The maximum absolute atomic E-state index is 9.75. The largest absolute Gasteiger partial charge is 0.411 e. The molecule has 0 aliphatic heterocycles. The molecule has 0 amide bonds. The third-order valence-corrected chi connectivity index (χ3v) is 4.87. The summed E-state index contributed by atoms with van der Waals surface area (Å²) in [4.78, 5) is 19.5. The van der Waals surface area contributed by atoms with E-state index in [1.807, 2.05) is 0 Å². The molecule has 4 nitrogen and oxygen atoms in total. The van der Waals surface area contributed by atoms with Gasteiger partial charge in [-0.2, -0.15) is 0 Å². The first-order chi connectivity index (χ1) is 7.12. The van der Waals surface area contributed by atoms with Crippen molar-refractivity contribution >= 4 is 8.56 Å². The van der Waals surface area contributed by atoms with Gasteiger partial charge in [0.15, 0.2) is 0 Å². The Morgan fingerprint density at radius 3 is 1.40 bits per heavy atom. The van der Waals surface area contributed by atoms with Gasteiger partial charge in [-0.05, 0) is 38.0 Å². The normalized spacial score (nSPS) is 12.0. The van der Waals surface area contributed by atoms with E-state index in [-0.39, 0.29) is 0 Å². The van der Waals surface area contributed by atoms with Gasteiger partial charge in [-0.3, -0.25) is 0 Å². The lowest BCUT2D eigenvalue weighted by Crippen LogP contribution is -2.34. The molecule has 0 atom stereocenters. The standard InChI is InChI=1S/C10H26N2O2Si/c11-7-3-1-5-9-15(13,14)10-6-2-4-8-12/h13-14H,1-12H2. The molecule has 0 radical (unpaired) electrons. The van der Waals surface area contributed by atoms with Crippen LogP contribution in [0, 0.1) is 0 Å². The molecule has 0 aliphatic carbocycles. The summed E-state index contributed by atoms with van der Waals surface area (Å²) in [5, 5.41) is 0. The Balaban J connectivity index is 3.40. The maximum Gasteiger partial charge on any atom is 0.332 e. The number of hydrogen-bond acceptors (Lipinski definition) is 4. The number of unbranched alkanes of at least 4 members (excludes halogenated alkanes) is 4. The Kier molecular flexibility index (Phi) is 9.33. The summed E-state index contributed by atoms with van der Waals surface area (Å²) in [7, 11) is -2.88. The maximum atomic E-state index is 9.75. The Morgan fingerprint density at radius 1 is 0.667 bits per heavy atom. The lowest BCUT2D eigenvalue weighted by molar-refractivity contribution is 0.351. The third-order valence-electron chi connectivity index (χ3n) is 2.56. The first-order valence-electron chi connectivity index (χ1n) is 5.97. The molecular weight excluding hydrogens is 208 g/mol. The summed E-state index contributed by atoms with van der Waals surface area (Å²) in [5.74, 6) is 0. The molecule has 0 aromatic rings. The second-order valence-corrected chi connectivity index (χ2v) is 7.15. The van der Waals surface area contributed by atoms with Crippen LogP contribution in [0.15, 0.2) is 0 Å². The molecule has 0 rings (SSSR count). The number of rotatable bonds is 10. The van der Waals surface area contributed by atoms with E-state index in [9.17, 15) is 9.59 Å². The van der Waals surface area contributed by atoms with Crippen LogP contribution in [0.25, 0.3) is 0 Å². The molecule has 0 fully saturated rings. The van der Waals surface area contributed by atoms with Crippen LogP contribution in [-0.2, 0) is 0 Å². The van der Waals surface area contributed by atoms with Crippen LogP contribution >= 0.6 is 0 Å². The predicted octanol–water partition coefficient (Wildman–Crippen LogP) is 0.671. The molecular formula is C10H26N2O2Si. The molecule has 0 bridgehead atoms. The van der Waals surface area contributed by atoms with Crippen LogP contribution < -0.4 is 11.5 Å². The highest BCUT2D eigenvalue weighted by Gasteiger charge is 2.27. The quantitative estimate of drug-likeness (QED) is 0.330. The van der Waals surface area contributed by atoms with Crippen LogP contribution in [0.2, 0.25) is 12.1 Å². The monoisotopic (exact) mass is 234 g/mol. The molecule has 0 unspecified atom stereocenters. The van der Waals surface area contributed by atoms with Gasteiger partial charge in [0.1, 0.15) is 0 Å². The van der Waals surface area contributed by atoms with Crippen molar-refractivity contribution in [3.63, 3.8) is 0 Å². The van der Waals surface area contributed by atoms with E-state index in [4.69, 9.17) is 11.5 Å². The second kappa shape index (κ2) is 9.29. The fourth-order valence-corrected chi connectivity index (χ4v) is 3.47. The van der Waals surface area contributed by atoms with E-state index in [0.29, 0.717) is 25.2 Å². The van der Waals surface area contributed by atoms with E-state index >= 15 is 0 Å². The summed E-state index contributed by atoms with van der Waals surface area (Å²) in [6.45, 7) is 1.39. The Morgan fingerprint density at radius 2 is 1.07 bits per heavy atom. The van der Waals surface area contributed by atoms with E-state index in [0.717, 1.165) is 38.5 Å². The van der Waals surface area contributed by atoms with Crippen molar-refractivity contribution in [3.8, 4) is 0 Å². The minimum absolute atomic E-state index is 0.593. The van der Waals surface area contributed by atoms with Crippen LogP contribution in [0.5, 0.6) is 0 Å². The van der Waals surface area contributed by atoms with Gasteiger partial charge in [0.25, 0.3) is 0 Å². The zero-order valence-electron chi connectivity index (χ0n) is 9.62. The average Bonchev–Trinajstić information content (AvgIpc) is 2.20. The molecule has 0 spiro atoms. The zero-order chi connectivity index (χ0) is 11.6. The van der Waals surface area contributed by atoms with Gasteiger partial charge in [0.2, 0.25) is 0 Å². The third kappa shape index (κ3) is 10.3. The lowest BCUT2D eigenvalue weighted by atomic mass is 10.2. The smallest absolute Gasteiger partial charge is 0.332 e. The van der Waals surface area contributed by atoms with Crippen molar-refractivity contribution in [1.82, 2.24) is 0 Å². The fourth-order valence-electron chi connectivity index (χ4n) is 1.58. The molecule has 0 aliphatic rings. The van der Waals surface area contributed by atoms with Crippen molar-refractivity contribution in [2.75, 3.05) is 13.1 Å². The van der Waals surface area contributed by atoms with Gasteiger partial charge in [-0.25, -0.2) is 0 Å².